The van der Waals surface area contributed by atoms with Crippen LogP contribution in [-0.2, 0) is 14.4 Å². The number of hydrogen-bond acceptors (Lipinski definition) is 9. The summed E-state index contributed by atoms with van der Waals surface area (Å²) in [4.78, 5) is 49.6. The van der Waals surface area contributed by atoms with Crippen LogP contribution in [0.15, 0.2) is 46.6 Å². The first-order valence-electron chi connectivity index (χ1n) is 9.57. The number of aromatic nitrogens is 3. The fourth-order valence-corrected chi connectivity index (χ4v) is 5.87. The average Bonchev–Trinajstić information content (AvgIpc) is 3.29. The van der Waals surface area contributed by atoms with Gasteiger partial charge in [0, 0.05) is 11.5 Å². The first-order valence-corrected chi connectivity index (χ1v) is 11.6. The molecule has 6 N–H and O–H groups in total. The number of aromatic amines is 1. The van der Waals surface area contributed by atoms with Crippen LogP contribution in [0.2, 0.25) is 0 Å². The number of aliphatic carboxylic acids is 1. The molecular weight excluding hydrogens is 472 g/mol. The molecule has 2 unspecified atom stereocenters. The molecule has 0 saturated carbocycles. The molecule has 12 nitrogen and oxygen atoms in total. The zero-order chi connectivity index (χ0) is 23.7. The van der Waals surface area contributed by atoms with Crippen LogP contribution in [0, 0.1) is 0 Å². The van der Waals surface area contributed by atoms with E-state index in [9.17, 15) is 24.3 Å². The van der Waals surface area contributed by atoms with Crippen molar-refractivity contribution in [3.8, 4) is 0 Å². The Morgan fingerprint density at radius 1 is 1.27 bits per heavy atom. The van der Waals surface area contributed by atoms with E-state index in [1.54, 1.807) is 30.3 Å². The van der Waals surface area contributed by atoms with Crippen LogP contribution in [0.3, 0.4) is 0 Å². The Bertz CT molecular complexity index is 1150. The lowest BCUT2D eigenvalue weighted by atomic mass is 10.0. The van der Waals surface area contributed by atoms with E-state index in [-0.39, 0.29) is 27.9 Å². The Kier molecular flexibility index (Phi) is 6.40. The van der Waals surface area contributed by atoms with Crippen molar-refractivity contribution < 1.29 is 29.4 Å². The number of carbonyl (C=O) groups excluding carboxylic acids is 2. The third-order valence-corrected chi connectivity index (χ3v) is 7.50. The third kappa shape index (κ3) is 4.31. The van der Waals surface area contributed by atoms with Crippen molar-refractivity contribution in [1.29, 1.82) is 0 Å². The number of nitrogens with two attached hydrogens (primary N) is 1. The second kappa shape index (κ2) is 9.25. The minimum Gasteiger partial charge on any atom is -0.477 e. The van der Waals surface area contributed by atoms with E-state index >= 15 is 0 Å². The lowest BCUT2D eigenvalue weighted by molar-refractivity contribution is -0.150. The SMILES string of the molecule is NC(C(=O)NC1C(=O)N2C(C(=O)O)=C(CSc3[nH]nnc3C(=O)O)CS[C@@H]12)c1ccccc1. The third-order valence-electron chi connectivity index (χ3n) is 5.10. The van der Waals surface area contributed by atoms with Gasteiger partial charge in [-0.2, -0.15) is 0 Å². The summed E-state index contributed by atoms with van der Waals surface area (Å²) in [6.07, 6.45) is 0. The summed E-state index contributed by atoms with van der Waals surface area (Å²) < 4.78 is 0. The zero-order valence-corrected chi connectivity index (χ0v) is 18.4. The minimum atomic E-state index is -1.28. The molecule has 0 spiro atoms. The number of carboxylic acids is 2. The number of hydrogen-bond donors (Lipinski definition) is 5. The Hall–Kier alpha value is -3.36. The number of nitrogens with one attached hydrogen (secondary N) is 2. The van der Waals surface area contributed by atoms with Crippen molar-refractivity contribution >= 4 is 47.3 Å². The maximum atomic E-state index is 12.8. The van der Waals surface area contributed by atoms with Crippen LogP contribution in [-0.4, -0.2) is 77.2 Å². The number of rotatable bonds is 8. The standard InChI is InChI=1S/C19H18N6O6S2/c20-10(8-4-2-1-3-5-8)14(26)21-12-16(27)25-13(19(30)31)9(7-33-17(12)25)6-32-15-11(18(28)29)22-24-23-15/h1-5,10,12,17H,6-7,20H2,(H,21,26)(H,28,29)(H,30,31)(H,22,23,24)/t10?,12?,17-/m0/s1. The molecule has 0 bridgehead atoms. The molecule has 0 aliphatic carbocycles. The van der Waals surface area contributed by atoms with E-state index in [4.69, 9.17) is 10.8 Å². The van der Waals surface area contributed by atoms with Crippen LogP contribution in [0.5, 0.6) is 0 Å². The first kappa shape index (κ1) is 22.8. The molecule has 2 aliphatic heterocycles. The molecule has 4 rings (SSSR count). The summed E-state index contributed by atoms with van der Waals surface area (Å²) in [6.45, 7) is 0. The molecule has 2 amide bonds. The number of carboxylic acid groups (broad SMARTS) is 2. The maximum Gasteiger partial charge on any atom is 0.359 e. The van der Waals surface area contributed by atoms with Gasteiger partial charge in [0.2, 0.25) is 11.6 Å². The molecule has 2 aliphatic rings. The quantitative estimate of drug-likeness (QED) is 0.248. The van der Waals surface area contributed by atoms with Crippen LogP contribution in [0.25, 0.3) is 0 Å². The summed E-state index contributed by atoms with van der Waals surface area (Å²) in [6, 6.07) is 6.84. The fourth-order valence-electron chi connectivity index (χ4n) is 3.47. The van der Waals surface area contributed by atoms with Gasteiger partial charge in [-0.25, -0.2) is 9.59 Å². The topological polar surface area (TPSA) is 192 Å². The predicted octanol–water partition coefficient (Wildman–Crippen LogP) is 0.0336. The summed E-state index contributed by atoms with van der Waals surface area (Å²) in [7, 11) is 0. The van der Waals surface area contributed by atoms with Gasteiger partial charge in [0.25, 0.3) is 5.91 Å². The van der Waals surface area contributed by atoms with Gasteiger partial charge in [-0.05, 0) is 11.1 Å². The predicted molar refractivity (Wildman–Crippen MR) is 117 cm³/mol. The minimum absolute atomic E-state index is 0.116. The van der Waals surface area contributed by atoms with Crippen LogP contribution >= 0.6 is 23.5 Å². The molecule has 1 saturated heterocycles. The summed E-state index contributed by atoms with van der Waals surface area (Å²) in [5, 5.41) is 30.5. The van der Waals surface area contributed by atoms with E-state index in [2.05, 4.69) is 20.7 Å². The Labute approximate surface area is 195 Å². The summed E-state index contributed by atoms with van der Waals surface area (Å²) in [5.41, 5.74) is 6.59. The highest BCUT2D eigenvalue weighted by molar-refractivity contribution is 8.01. The summed E-state index contributed by atoms with van der Waals surface area (Å²) in [5.74, 6) is -3.22. The van der Waals surface area contributed by atoms with Crippen molar-refractivity contribution in [2.45, 2.75) is 22.5 Å². The maximum absolute atomic E-state index is 12.8. The van der Waals surface area contributed by atoms with Crippen LogP contribution < -0.4 is 11.1 Å². The molecule has 172 valence electrons. The number of thioether (sulfide) groups is 2. The highest BCUT2D eigenvalue weighted by atomic mass is 32.2. The highest BCUT2D eigenvalue weighted by Gasteiger charge is 2.54. The second-order valence-corrected chi connectivity index (χ2v) is 9.22. The number of β-lactam (4-membered cyclic amide) rings is 1. The van der Waals surface area contributed by atoms with Crippen LogP contribution in [0.1, 0.15) is 22.1 Å². The van der Waals surface area contributed by atoms with E-state index < -0.39 is 41.2 Å². The van der Waals surface area contributed by atoms with Crippen LogP contribution in [0.4, 0.5) is 0 Å². The van der Waals surface area contributed by atoms with Crippen molar-refractivity contribution in [1.82, 2.24) is 25.6 Å². The fraction of sp³-hybridized carbons (Fsp3) is 0.263. The number of aromatic carboxylic acids is 1. The molecule has 1 fully saturated rings. The number of carbonyl (C=O) groups is 4. The smallest absolute Gasteiger partial charge is 0.359 e. The molecule has 0 radical (unpaired) electrons. The van der Waals surface area contributed by atoms with Gasteiger partial charge >= 0.3 is 11.9 Å². The van der Waals surface area contributed by atoms with E-state index in [0.717, 1.165) is 16.7 Å². The molecular formula is C19H18N6O6S2. The zero-order valence-electron chi connectivity index (χ0n) is 16.8. The lowest BCUT2D eigenvalue weighted by Crippen LogP contribution is -2.71. The molecule has 14 heteroatoms. The highest BCUT2D eigenvalue weighted by Crippen LogP contribution is 2.41. The van der Waals surface area contributed by atoms with Gasteiger partial charge in [-0.1, -0.05) is 47.3 Å². The van der Waals surface area contributed by atoms with Gasteiger partial charge in [0.05, 0.1) is 0 Å². The molecule has 1 aromatic heterocycles. The largest absolute Gasteiger partial charge is 0.477 e. The summed E-state index contributed by atoms with van der Waals surface area (Å²) >= 11 is 2.34. The second-order valence-electron chi connectivity index (χ2n) is 7.13. The van der Waals surface area contributed by atoms with Gasteiger partial charge in [0.15, 0.2) is 0 Å². The number of benzene rings is 1. The van der Waals surface area contributed by atoms with Crippen molar-refractivity contribution in [3.63, 3.8) is 0 Å². The number of amides is 2. The average molecular weight is 491 g/mol. The van der Waals surface area contributed by atoms with Gasteiger partial charge in [-0.15, -0.1) is 16.9 Å². The van der Waals surface area contributed by atoms with E-state index in [0.29, 0.717) is 11.1 Å². The van der Waals surface area contributed by atoms with E-state index in [1.807, 2.05) is 0 Å². The van der Waals surface area contributed by atoms with Gasteiger partial charge in [0.1, 0.15) is 28.2 Å². The molecule has 33 heavy (non-hydrogen) atoms. The monoisotopic (exact) mass is 490 g/mol. The number of nitrogens with zero attached hydrogens (tertiary/aromatic N) is 3. The van der Waals surface area contributed by atoms with E-state index in [1.165, 1.54) is 11.8 Å². The number of H-pyrrole nitrogens is 1. The molecule has 1 aromatic carbocycles. The first-order chi connectivity index (χ1) is 15.8. The molecule has 3 atom stereocenters. The van der Waals surface area contributed by atoms with Gasteiger partial charge in [-0.3, -0.25) is 19.6 Å². The molecule has 3 heterocycles. The molecule has 2 aromatic rings. The normalized spacial score (nSPS) is 20.6. The van der Waals surface area contributed by atoms with Crippen molar-refractivity contribution in [2.75, 3.05) is 11.5 Å². The Morgan fingerprint density at radius 2 is 2.00 bits per heavy atom. The Balaban J connectivity index is 1.47. The van der Waals surface area contributed by atoms with Gasteiger partial charge < -0.3 is 21.3 Å². The lowest BCUT2D eigenvalue weighted by Gasteiger charge is -2.49. The Morgan fingerprint density at radius 3 is 2.67 bits per heavy atom. The number of fused-ring (bicyclic) bond motifs is 1. The van der Waals surface area contributed by atoms with Crippen molar-refractivity contribution in [3.05, 3.63) is 52.9 Å². The van der Waals surface area contributed by atoms with Crippen molar-refractivity contribution in [2.24, 2.45) is 5.73 Å².